The van der Waals surface area contributed by atoms with Crippen LogP contribution in [0.3, 0.4) is 0 Å². The second kappa shape index (κ2) is 27.6. The van der Waals surface area contributed by atoms with Crippen LogP contribution in [0.15, 0.2) is 103 Å². The van der Waals surface area contributed by atoms with E-state index in [4.69, 9.17) is 0 Å². The molecule has 0 aliphatic heterocycles. The molecule has 0 saturated heterocycles. The second-order valence-corrected chi connectivity index (χ2v) is 28.5. The molecule has 0 atom stereocenters. The molecule has 0 amide bonds. The third-order valence-corrected chi connectivity index (χ3v) is 24.2. The molecule has 9 rings (SSSR count). The number of aryl methyl sites for hydroxylation is 5. The minimum atomic E-state index is 1.15. The van der Waals surface area contributed by atoms with Gasteiger partial charge in [0.1, 0.15) is 0 Å². The van der Waals surface area contributed by atoms with Gasteiger partial charge in [-0.25, -0.2) is 0 Å². The zero-order chi connectivity index (χ0) is 50.4. The van der Waals surface area contributed by atoms with Crippen LogP contribution in [0.2, 0.25) is 0 Å². The van der Waals surface area contributed by atoms with E-state index in [9.17, 15) is 0 Å². The van der Waals surface area contributed by atoms with Gasteiger partial charge in [-0.05, 0) is 165 Å². The van der Waals surface area contributed by atoms with E-state index in [2.05, 4.69) is 150 Å². The molecule has 0 bridgehead atoms. The highest BCUT2D eigenvalue weighted by Gasteiger charge is 2.21. The number of benzene rings is 1. The number of rotatable bonds is 29. The van der Waals surface area contributed by atoms with Crippen LogP contribution in [0.1, 0.15) is 168 Å². The van der Waals surface area contributed by atoms with Gasteiger partial charge in [-0.1, -0.05) is 141 Å². The molecular formula is C65H74S8. The van der Waals surface area contributed by atoms with E-state index in [1.54, 1.807) is 0 Å². The molecule has 0 radical (unpaired) electrons. The molecule has 0 saturated carbocycles. The molecule has 8 heterocycles. The number of hydrogen-bond donors (Lipinski definition) is 0. The summed E-state index contributed by atoms with van der Waals surface area (Å²) < 4.78 is 0. The van der Waals surface area contributed by atoms with Crippen molar-refractivity contribution in [1.82, 2.24) is 0 Å². The summed E-state index contributed by atoms with van der Waals surface area (Å²) in [6.45, 7) is 11.4. The summed E-state index contributed by atoms with van der Waals surface area (Å²) in [6.07, 6.45) is 30.1. The SMILES string of the molecule is CCCCCCc1ccc(-c2ccc(-c3ccc(-c4cc(CCCCCC)c(-c5ccc(-c6ccc(-c7sc(-c8cc(CCCCCC)c(C=Cc9ccc(C)cc9)s8)cc7CCCCCC)s6)s5)s4)s3)s2)s1. The summed E-state index contributed by atoms with van der Waals surface area (Å²) >= 11 is 15.9. The molecule has 0 aliphatic rings. The molecule has 0 nitrogen and oxygen atoms in total. The molecule has 0 spiro atoms. The standard InChI is InChI=1S/C65H74S8/c1-6-10-14-18-22-47-42-62(67-51(47)32-30-46-28-26-45(5)27-29-46)63-44-49(24-20-16-12-8-3)65(73-63)60-41-39-57(71-60)56-38-40-59(70-56)64-48(23-19-15-11-7-2)43-61(72-64)58-37-36-55(69-58)54-35-34-53(68-54)52-33-31-50(66-52)25-21-17-13-9-4/h26-44H,6-25H2,1-5H3. The summed E-state index contributed by atoms with van der Waals surface area (Å²) in [4.78, 5) is 22.7. The van der Waals surface area contributed by atoms with Crippen LogP contribution in [0.4, 0.5) is 0 Å². The van der Waals surface area contributed by atoms with Gasteiger partial charge in [0.05, 0.1) is 0 Å². The molecule has 9 aromatic rings. The second-order valence-electron chi connectivity index (χ2n) is 19.8. The van der Waals surface area contributed by atoms with Gasteiger partial charge in [-0.15, -0.1) is 90.7 Å². The lowest BCUT2D eigenvalue weighted by molar-refractivity contribution is 0.667. The Balaban J connectivity index is 0.955. The minimum Gasteiger partial charge on any atom is -0.139 e. The highest BCUT2D eigenvalue weighted by Crippen LogP contribution is 2.50. The van der Waals surface area contributed by atoms with Crippen molar-refractivity contribution in [2.75, 3.05) is 0 Å². The average molecular weight is 1110 g/mol. The summed E-state index contributed by atoms with van der Waals surface area (Å²) in [5.74, 6) is 0. The normalized spacial score (nSPS) is 11.8. The maximum atomic E-state index is 2.57. The Labute approximate surface area is 470 Å². The van der Waals surface area contributed by atoms with Crippen LogP contribution in [0.5, 0.6) is 0 Å². The molecule has 8 aromatic heterocycles. The minimum absolute atomic E-state index is 1.15. The van der Waals surface area contributed by atoms with Gasteiger partial charge < -0.3 is 0 Å². The number of hydrogen-bond acceptors (Lipinski definition) is 8. The molecule has 382 valence electrons. The summed E-state index contributed by atoms with van der Waals surface area (Å²) in [5.41, 5.74) is 7.15. The molecule has 8 heteroatoms. The molecule has 0 aliphatic carbocycles. The lowest BCUT2D eigenvalue weighted by Gasteiger charge is -2.02. The molecule has 73 heavy (non-hydrogen) atoms. The average Bonchev–Trinajstić information content (AvgIpc) is 4.25. The van der Waals surface area contributed by atoms with Crippen LogP contribution in [0, 0.1) is 6.92 Å². The smallest absolute Gasteiger partial charge is 0.0481 e. The Hall–Kier alpha value is -3.44. The van der Waals surface area contributed by atoms with Crippen LogP contribution in [-0.4, -0.2) is 0 Å². The topological polar surface area (TPSA) is 0 Å². The van der Waals surface area contributed by atoms with Gasteiger partial charge in [0, 0.05) is 78.0 Å². The Morgan fingerprint density at radius 1 is 0.301 bits per heavy atom. The Morgan fingerprint density at radius 2 is 0.671 bits per heavy atom. The van der Waals surface area contributed by atoms with E-state index in [1.807, 2.05) is 90.7 Å². The first-order chi connectivity index (χ1) is 35.9. The van der Waals surface area contributed by atoms with Gasteiger partial charge in [-0.2, -0.15) is 0 Å². The third-order valence-electron chi connectivity index (χ3n) is 13.9. The number of thiophene rings is 8. The lowest BCUT2D eigenvalue weighted by Crippen LogP contribution is -1.85. The van der Waals surface area contributed by atoms with Crippen molar-refractivity contribution in [2.24, 2.45) is 0 Å². The fourth-order valence-electron chi connectivity index (χ4n) is 9.63. The zero-order valence-electron chi connectivity index (χ0n) is 43.9. The van der Waals surface area contributed by atoms with Crippen LogP contribution in [-0.2, 0) is 25.7 Å². The summed E-state index contributed by atoms with van der Waals surface area (Å²) in [6, 6.07) is 40.4. The van der Waals surface area contributed by atoms with E-state index in [-0.39, 0.29) is 0 Å². The highest BCUT2D eigenvalue weighted by atomic mass is 32.1. The first-order valence-corrected chi connectivity index (χ1v) is 34.1. The molecule has 0 unspecified atom stereocenters. The van der Waals surface area contributed by atoms with Gasteiger partial charge in [0.15, 0.2) is 0 Å². The van der Waals surface area contributed by atoms with E-state index < -0.39 is 0 Å². The van der Waals surface area contributed by atoms with Crippen molar-refractivity contribution in [1.29, 1.82) is 0 Å². The largest absolute Gasteiger partial charge is 0.139 e. The van der Waals surface area contributed by atoms with E-state index >= 15 is 0 Å². The van der Waals surface area contributed by atoms with E-state index in [0.29, 0.717) is 0 Å². The summed E-state index contributed by atoms with van der Waals surface area (Å²) in [7, 11) is 0. The highest BCUT2D eigenvalue weighted by molar-refractivity contribution is 7.31. The van der Waals surface area contributed by atoms with Crippen molar-refractivity contribution >= 4 is 103 Å². The van der Waals surface area contributed by atoms with Gasteiger partial charge in [0.2, 0.25) is 0 Å². The quantitative estimate of drug-likeness (QED) is 0.0410. The molecule has 0 N–H and O–H groups in total. The Kier molecular flexibility index (Phi) is 20.5. The number of unbranched alkanes of at least 4 members (excludes halogenated alkanes) is 12. The van der Waals surface area contributed by atoms with Gasteiger partial charge >= 0.3 is 0 Å². The maximum Gasteiger partial charge on any atom is 0.0481 e. The Bertz CT molecular complexity index is 3100. The first kappa shape index (κ1) is 54.4. The van der Waals surface area contributed by atoms with Crippen molar-refractivity contribution in [2.45, 2.75) is 163 Å². The summed E-state index contributed by atoms with van der Waals surface area (Å²) in [5, 5.41) is 0. The van der Waals surface area contributed by atoms with Gasteiger partial charge in [-0.3, -0.25) is 0 Å². The lowest BCUT2D eigenvalue weighted by atomic mass is 10.0. The predicted octanol–water partition coefficient (Wildman–Crippen LogP) is 24.8. The van der Waals surface area contributed by atoms with Crippen LogP contribution < -0.4 is 0 Å². The molecule has 0 fully saturated rings. The zero-order valence-corrected chi connectivity index (χ0v) is 50.4. The van der Waals surface area contributed by atoms with Crippen molar-refractivity contribution in [3.63, 3.8) is 0 Å². The first-order valence-electron chi connectivity index (χ1n) is 27.5. The maximum absolute atomic E-state index is 2.57. The fourth-order valence-corrected chi connectivity index (χ4v) is 19.0. The van der Waals surface area contributed by atoms with E-state index in [0.717, 1.165) is 19.3 Å². The van der Waals surface area contributed by atoms with Crippen molar-refractivity contribution in [3.8, 4) is 68.3 Å². The molecular weight excluding hydrogens is 1040 g/mol. The van der Waals surface area contributed by atoms with E-state index in [1.165, 1.54) is 215 Å². The van der Waals surface area contributed by atoms with Gasteiger partial charge in [0.25, 0.3) is 0 Å². The fraction of sp³-hybridized carbons (Fsp3) is 0.385. The Morgan fingerprint density at radius 3 is 1.16 bits per heavy atom. The van der Waals surface area contributed by atoms with Crippen molar-refractivity contribution in [3.05, 3.63) is 141 Å². The molecule has 1 aromatic carbocycles. The monoisotopic (exact) mass is 1110 g/mol. The third kappa shape index (κ3) is 14.5. The predicted molar refractivity (Wildman–Crippen MR) is 339 cm³/mol. The van der Waals surface area contributed by atoms with Crippen LogP contribution >= 0.6 is 90.7 Å². The van der Waals surface area contributed by atoms with Crippen LogP contribution in [0.25, 0.3) is 80.4 Å². The van der Waals surface area contributed by atoms with Crippen molar-refractivity contribution < 1.29 is 0 Å².